The van der Waals surface area contributed by atoms with Crippen molar-refractivity contribution in [3.05, 3.63) is 30.3 Å². The molecule has 1 aromatic carbocycles. The SMILES string of the molecule is CCCCN(CCCBr)c1ccccc1. The third kappa shape index (κ3) is 4.70. The lowest BCUT2D eigenvalue weighted by Crippen LogP contribution is -2.25. The van der Waals surface area contributed by atoms with E-state index < -0.39 is 0 Å². The highest BCUT2D eigenvalue weighted by Crippen LogP contribution is 2.14. The number of nitrogens with zero attached hydrogens (tertiary/aromatic N) is 1. The first-order chi connectivity index (χ1) is 7.38. The van der Waals surface area contributed by atoms with E-state index in [-0.39, 0.29) is 0 Å². The Morgan fingerprint density at radius 3 is 2.33 bits per heavy atom. The van der Waals surface area contributed by atoms with Crippen LogP contribution in [-0.4, -0.2) is 18.4 Å². The number of para-hydroxylation sites is 1. The molecule has 0 saturated heterocycles. The van der Waals surface area contributed by atoms with Crippen molar-refractivity contribution in [2.45, 2.75) is 26.2 Å². The average molecular weight is 270 g/mol. The Morgan fingerprint density at radius 2 is 1.73 bits per heavy atom. The van der Waals surface area contributed by atoms with Crippen LogP contribution in [0.2, 0.25) is 0 Å². The fraction of sp³-hybridized carbons (Fsp3) is 0.538. The molecule has 15 heavy (non-hydrogen) atoms. The van der Waals surface area contributed by atoms with E-state index in [2.05, 4.69) is 58.1 Å². The van der Waals surface area contributed by atoms with Crippen LogP contribution in [0.4, 0.5) is 5.69 Å². The summed E-state index contributed by atoms with van der Waals surface area (Å²) in [5.74, 6) is 0. The van der Waals surface area contributed by atoms with Crippen LogP contribution in [0.15, 0.2) is 30.3 Å². The fourth-order valence-corrected chi connectivity index (χ4v) is 1.86. The van der Waals surface area contributed by atoms with Crippen LogP contribution in [0.1, 0.15) is 26.2 Å². The Balaban J connectivity index is 2.55. The quantitative estimate of drug-likeness (QED) is 0.675. The molecular formula is C13H20BrN. The van der Waals surface area contributed by atoms with Crippen molar-refractivity contribution >= 4 is 21.6 Å². The molecule has 0 aromatic heterocycles. The number of benzene rings is 1. The molecule has 84 valence electrons. The van der Waals surface area contributed by atoms with Crippen molar-refractivity contribution < 1.29 is 0 Å². The first kappa shape index (κ1) is 12.6. The largest absolute Gasteiger partial charge is 0.372 e. The molecule has 2 heteroatoms. The Labute approximate surface area is 102 Å². The molecule has 0 radical (unpaired) electrons. The zero-order chi connectivity index (χ0) is 10.9. The lowest BCUT2D eigenvalue weighted by atomic mass is 10.2. The van der Waals surface area contributed by atoms with E-state index in [0.29, 0.717) is 0 Å². The van der Waals surface area contributed by atoms with E-state index in [1.165, 1.54) is 31.5 Å². The Bertz CT molecular complexity index is 240. The van der Waals surface area contributed by atoms with Gasteiger partial charge >= 0.3 is 0 Å². The summed E-state index contributed by atoms with van der Waals surface area (Å²) >= 11 is 3.49. The van der Waals surface area contributed by atoms with Gasteiger partial charge in [-0.05, 0) is 25.0 Å². The molecule has 0 fully saturated rings. The lowest BCUT2D eigenvalue weighted by Gasteiger charge is -2.24. The molecule has 0 bridgehead atoms. The van der Waals surface area contributed by atoms with Gasteiger partial charge in [0.1, 0.15) is 0 Å². The predicted octanol–water partition coefficient (Wildman–Crippen LogP) is 4.08. The standard InChI is InChI=1S/C13H20BrN/c1-2-3-11-15(12-7-10-14)13-8-5-4-6-9-13/h4-6,8-9H,2-3,7,10-12H2,1H3. The summed E-state index contributed by atoms with van der Waals surface area (Å²) < 4.78 is 0. The van der Waals surface area contributed by atoms with Gasteiger partial charge in [0.15, 0.2) is 0 Å². The van der Waals surface area contributed by atoms with Crippen LogP contribution in [0.3, 0.4) is 0 Å². The van der Waals surface area contributed by atoms with E-state index in [0.717, 1.165) is 11.9 Å². The van der Waals surface area contributed by atoms with Crippen LogP contribution >= 0.6 is 15.9 Å². The second-order valence-electron chi connectivity index (χ2n) is 3.72. The highest BCUT2D eigenvalue weighted by atomic mass is 79.9. The van der Waals surface area contributed by atoms with E-state index in [1.807, 2.05) is 0 Å². The van der Waals surface area contributed by atoms with Gasteiger partial charge in [0.25, 0.3) is 0 Å². The summed E-state index contributed by atoms with van der Waals surface area (Å²) in [6.45, 7) is 4.57. The third-order valence-electron chi connectivity index (χ3n) is 2.46. The Kier molecular flexibility index (Phi) is 6.49. The third-order valence-corrected chi connectivity index (χ3v) is 3.03. The molecular weight excluding hydrogens is 250 g/mol. The van der Waals surface area contributed by atoms with Gasteiger partial charge in [-0.2, -0.15) is 0 Å². The van der Waals surface area contributed by atoms with Crippen molar-refractivity contribution in [2.24, 2.45) is 0 Å². The first-order valence-electron chi connectivity index (χ1n) is 5.74. The van der Waals surface area contributed by atoms with Crippen LogP contribution in [0.25, 0.3) is 0 Å². The maximum absolute atomic E-state index is 3.49. The zero-order valence-electron chi connectivity index (χ0n) is 9.45. The predicted molar refractivity (Wildman–Crippen MR) is 72.0 cm³/mol. The summed E-state index contributed by atoms with van der Waals surface area (Å²) in [5, 5.41) is 1.09. The van der Waals surface area contributed by atoms with Crippen LogP contribution < -0.4 is 4.90 Å². The molecule has 0 atom stereocenters. The lowest BCUT2D eigenvalue weighted by molar-refractivity contribution is 0.707. The van der Waals surface area contributed by atoms with Gasteiger partial charge in [-0.1, -0.05) is 47.5 Å². The summed E-state index contributed by atoms with van der Waals surface area (Å²) in [6.07, 6.45) is 3.74. The highest BCUT2D eigenvalue weighted by Gasteiger charge is 2.03. The van der Waals surface area contributed by atoms with Crippen LogP contribution in [0, 0.1) is 0 Å². The molecule has 1 nitrogen and oxygen atoms in total. The smallest absolute Gasteiger partial charge is 0.0366 e. The first-order valence-corrected chi connectivity index (χ1v) is 6.86. The molecule has 0 aliphatic heterocycles. The van der Waals surface area contributed by atoms with Crippen molar-refractivity contribution in [3.8, 4) is 0 Å². The van der Waals surface area contributed by atoms with Gasteiger partial charge in [-0.15, -0.1) is 0 Å². The highest BCUT2D eigenvalue weighted by molar-refractivity contribution is 9.09. The van der Waals surface area contributed by atoms with E-state index >= 15 is 0 Å². The second-order valence-corrected chi connectivity index (χ2v) is 4.51. The maximum Gasteiger partial charge on any atom is 0.0366 e. The summed E-state index contributed by atoms with van der Waals surface area (Å²) in [6, 6.07) is 10.7. The molecule has 1 aromatic rings. The van der Waals surface area contributed by atoms with Crippen molar-refractivity contribution in [3.63, 3.8) is 0 Å². The Hall–Kier alpha value is -0.500. The van der Waals surface area contributed by atoms with E-state index in [1.54, 1.807) is 0 Å². The van der Waals surface area contributed by atoms with Gasteiger partial charge in [0.05, 0.1) is 0 Å². The Morgan fingerprint density at radius 1 is 1.07 bits per heavy atom. The number of rotatable bonds is 7. The molecule has 1 rings (SSSR count). The van der Waals surface area contributed by atoms with Crippen molar-refractivity contribution in [2.75, 3.05) is 23.3 Å². The number of unbranched alkanes of at least 4 members (excludes halogenated alkanes) is 1. The van der Waals surface area contributed by atoms with Crippen molar-refractivity contribution in [1.82, 2.24) is 0 Å². The van der Waals surface area contributed by atoms with Gasteiger partial charge in [-0.25, -0.2) is 0 Å². The van der Waals surface area contributed by atoms with Gasteiger partial charge < -0.3 is 4.90 Å². The normalized spacial score (nSPS) is 10.3. The number of anilines is 1. The van der Waals surface area contributed by atoms with Gasteiger partial charge in [0, 0.05) is 24.1 Å². The maximum atomic E-state index is 3.49. The molecule has 0 saturated carbocycles. The molecule has 0 heterocycles. The number of hydrogen-bond acceptors (Lipinski definition) is 1. The second kappa shape index (κ2) is 7.75. The molecule has 0 spiro atoms. The number of alkyl halides is 1. The minimum Gasteiger partial charge on any atom is -0.372 e. The molecule has 0 aliphatic rings. The van der Waals surface area contributed by atoms with Gasteiger partial charge in [0.2, 0.25) is 0 Å². The van der Waals surface area contributed by atoms with Gasteiger partial charge in [-0.3, -0.25) is 0 Å². The van der Waals surface area contributed by atoms with Crippen LogP contribution in [0.5, 0.6) is 0 Å². The molecule has 0 N–H and O–H groups in total. The van der Waals surface area contributed by atoms with E-state index in [4.69, 9.17) is 0 Å². The minimum atomic E-state index is 1.09. The molecule has 0 aliphatic carbocycles. The average Bonchev–Trinajstić information content (AvgIpc) is 2.30. The minimum absolute atomic E-state index is 1.09. The van der Waals surface area contributed by atoms with Crippen molar-refractivity contribution in [1.29, 1.82) is 0 Å². The number of hydrogen-bond donors (Lipinski definition) is 0. The molecule has 0 unspecified atom stereocenters. The fourth-order valence-electron chi connectivity index (χ4n) is 1.61. The van der Waals surface area contributed by atoms with E-state index in [9.17, 15) is 0 Å². The topological polar surface area (TPSA) is 3.24 Å². The summed E-state index contributed by atoms with van der Waals surface area (Å²) in [7, 11) is 0. The van der Waals surface area contributed by atoms with Crippen LogP contribution in [-0.2, 0) is 0 Å². The zero-order valence-corrected chi connectivity index (χ0v) is 11.0. The monoisotopic (exact) mass is 269 g/mol. The number of halogens is 1. The molecule has 0 amide bonds. The summed E-state index contributed by atoms with van der Waals surface area (Å²) in [4.78, 5) is 2.48. The summed E-state index contributed by atoms with van der Waals surface area (Å²) in [5.41, 5.74) is 1.35.